The van der Waals surface area contributed by atoms with Crippen molar-refractivity contribution in [3.63, 3.8) is 0 Å². The van der Waals surface area contributed by atoms with Gasteiger partial charge in [-0.15, -0.1) is 0 Å². The molecule has 0 atom stereocenters. The first kappa shape index (κ1) is 11.6. The molecule has 0 bridgehead atoms. The first-order chi connectivity index (χ1) is 6.97. The first-order valence-corrected chi connectivity index (χ1v) is 4.68. The van der Waals surface area contributed by atoms with Crippen molar-refractivity contribution in [2.75, 3.05) is 6.61 Å². The minimum absolute atomic E-state index is 0.0206. The van der Waals surface area contributed by atoms with Gasteiger partial charge in [0.05, 0.1) is 0 Å². The number of carboxylic acids is 1. The van der Waals surface area contributed by atoms with Gasteiger partial charge >= 0.3 is 5.97 Å². The third kappa shape index (κ3) is 2.73. The summed E-state index contributed by atoms with van der Waals surface area (Å²) in [5.41, 5.74) is -0.687. The largest absolute Gasteiger partial charge is 0.477 e. The van der Waals surface area contributed by atoms with Crippen LogP contribution in [0.25, 0.3) is 0 Å². The Hall–Kier alpha value is -1.49. The van der Waals surface area contributed by atoms with Crippen molar-refractivity contribution < 1.29 is 14.6 Å². The van der Waals surface area contributed by atoms with E-state index in [0.29, 0.717) is 12.4 Å². The number of carboxylic acid groups (broad SMARTS) is 1. The summed E-state index contributed by atoms with van der Waals surface area (Å²) in [5.74, 6) is -0.685. The smallest absolute Gasteiger partial charge is 0.354 e. The van der Waals surface area contributed by atoms with Crippen molar-refractivity contribution in [1.29, 1.82) is 0 Å². The Morgan fingerprint density at radius 1 is 1.60 bits per heavy atom. The quantitative estimate of drug-likeness (QED) is 0.814. The summed E-state index contributed by atoms with van der Waals surface area (Å²) in [5, 5.41) is 8.77. The molecule has 1 aromatic rings. The number of rotatable bonds is 4. The van der Waals surface area contributed by atoms with Gasteiger partial charge in [0.1, 0.15) is 5.60 Å². The number of aromatic carboxylic acids is 1. The third-order valence-corrected chi connectivity index (χ3v) is 1.92. The molecular weight excluding hydrogens is 196 g/mol. The monoisotopic (exact) mass is 210 g/mol. The molecule has 0 unspecified atom stereocenters. The van der Waals surface area contributed by atoms with Crippen LogP contribution in [0.3, 0.4) is 0 Å². The SMILES string of the molecule is CCOC(C)(C)c1nccc(C(=O)O)n1. The van der Waals surface area contributed by atoms with Gasteiger partial charge in [-0.05, 0) is 26.8 Å². The van der Waals surface area contributed by atoms with Crippen LogP contribution in [0.5, 0.6) is 0 Å². The first-order valence-electron chi connectivity index (χ1n) is 4.68. The highest BCUT2D eigenvalue weighted by Gasteiger charge is 2.24. The Labute approximate surface area is 88.1 Å². The van der Waals surface area contributed by atoms with Gasteiger partial charge in [-0.25, -0.2) is 14.8 Å². The maximum absolute atomic E-state index is 10.7. The molecular formula is C10H14N2O3. The Morgan fingerprint density at radius 2 is 2.27 bits per heavy atom. The number of nitrogens with zero attached hydrogens (tertiary/aromatic N) is 2. The molecule has 1 aromatic heterocycles. The molecule has 0 aliphatic heterocycles. The minimum Gasteiger partial charge on any atom is -0.477 e. The van der Waals surface area contributed by atoms with Gasteiger partial charge in [0.25, 0.3) is 0 Å². The lowest BCUT2D eigenvalue weighted by Crippen LogP contribution is -2.25. The lowest BCUT2D eigenvalue weighted by Gasteiger charge is -2.22. The van der Waals surface area contributed by atoms with Gasteiger partial charge in [-0.1, -0.05) is 0 Å². The Morgan fingerprint density at radius 3 is 2.80 bits per heavy atom. The van der Waals surface area contributed by atoms with Crippen LogP contribution >= 0.6 is 0 Å². The van der Waals surface area contributed by atoms with E-state index < -0.39 is 11.6 Å². The molecule has 1 rings (SSSR count). The van der Waals surface area contributed by atoms with Crippen molar-refractivity contribution in [3.8, 4) is 0 Å². The van der Waals surface area contributed by atoms with Crippen LogP contribution in [0.2, 0.25) is 0 Å². The van der Waals surface area contributed by atoms with Crippen LogP contribution in [0.4, 0.5) is 0 Å². The van der Waals surface area contributed by atoms with Gasteiger partial charge < -0.3 is 9.84 Å². The number of carbonyl (C=O) groups is 1. The molecule has 0 fully saturated rings. The lowest BCUT2D eigenvalue weighted by atomic mass is 10.1. The molecule has 5 heteroatoms. The van der Waals surface area contributed by atoms with Gasteiger partial charge in [-0.3, -0.25) is 0 Å². The van der Waals surface area contributed by atoms with Crippen LogP contribution in [0.1, 0.15) is 37.1 Å². The Bertz CT molecular complexity index is 363. The van der Waals surface area contributed by atoms with Gasteiger partial charge in [0.15, 0.2) is 11.5 Å². The fraction of sp³-hybridized carbons (Fsp3) is 0.500. The Kier molecular flexibility index (Phi) is 3.36. The highest BCUT2D eigenvalue weighted by atomic mass is 16.5. The molecule has 0 saturated carbocycles. The van der Waals surface area contributed by atoms with Crippen molar-refractivity contribution >= 4 is 5.97 Å². The van der Waals surface area contributed by atoms with E-state index in [1.54, 1.807) is 13.8 Å². The predicted molar refractivity (Wildman–Crippen MR) is 53.6 cm³/mol. The van der Waals surface area contributed by atoms with E-state index in [1.807, 2.05) is 6.92 Å². The van der Waals surface area contributed by atoms with Crippen molar-refractivity contribution in [2.45, 2.75) is 26.4 Å². The Balaban J connectivity index is 3.04. The third-order valence-electron chi connectivity index (χ3n) is 1.92. The molecule has 1 N–H and O–H groups in total. The zero-order valence-corrected chi connectivity index (χ0v) is 9.02. The minimum atomic E-state index is -1.06. The van der Waals surface area contributed by atoms with E-state index >= 15 is 0 Å². The summed E-state index contributed by atoms with van der Waals surface area (Å²) < 4.78 is 5.43. The second-order valence-electron chi connectivity index (χ2n) is 3.51. The average molecular weight is 210 g/mol. The molecule has 0 radical (unpaired) electrons. The van der Waals surface area contributed by atoms with Crippen LogP contribution < -0.4 is 0 Å². The second-order valence-corrected chi connectivity index (χ2v) is 3.51. The maximum Gasteiger partial charge on any atom is 0.354 e. The van der Waals surface area contributed by atoms with Gasteiger partial charge in [-0.2, -0.15) is 0 Å². The van der Waals surface area contributed by atoms with Gasteiger partial charge in [0, 0.05) is 12.8 Å². The van der Waals surface area contributed by atoms with E-state index in [4.69, 9.17) is 9.84 Å². The summed E-state index contributed by atoms with van der Waals surface area (Å²) in [6.45, 7) is 5.99. The normalized spacial score (nSPS) is 11.4. The van der Waals surface area contributed by atoms with Crippen LogP contribution in [0, 0.1) is 0 Å². The zero-order valence-electron chi connectivity index (χ0n) is 9.02. The summed E-state index contributed by atoms with van der Waals surface area (Å²) in [6.07, 6.45) is 1.42. The number of aromatic nitrogens is 2. The molecule has 0 saturated heterocycles. The van der Waals surface area contributed by atoms with E-state index in [9.17, 15) is 4.79 Å². The fourth-order valence-electron chi connectivity index (χ4n) is 1.19. The molecule has 82 valence electrons. The number of hydrogen-bond acceptors (Lipinski definition) is 4. The predicted octanol–water partition coefficient (Wildman–Crippen LogP) is 1.45. The molecule has 15 heavy (non-hydrogen) atoms. The van der Waals surface area contributed by atoms with E-state index in [-0.39, 0.29) is 5.69 Å². The molecule has 0 aliphatic rings. The topological polar surface area (TPSA) is 72.3 Å². The highest BCUT2D eigenvalue weighted by molar-refractivity contribution is 5.85. The summed E-state index contributed by atoms with van der Waals surface area (Å²) in [6, 6.07) is 1.36. The van der Waals surface area contributed by atoms with E-state index in [0.717, 1.165) is 0 Å². The molecule has 0 aliphatic carbocycles. The van der Waals surface area contributed by atoms with Gasteiger partial charge in [0.2, 0.25) is 0 Å². The van der Waals surface area contributed by atoms with Crippen molar-refractivity contribution in [2.24, 2.45) is 0 Å². The van der Waals surface area contributed by atoms with E-state index in [2.05, 4.69) is 9.97 Å². The molecule has 0 spiro atoms. The number of ether oxygens (including phenoxy) is 1. The molecule has 0 aromatic carbocycles. The molecule has 1 heterocycles. The summed E-state index contributed by atoms with van der Waals surface area (Å²) in [7, 11) is 0. The van der Waals surface area contributed by atoms with Crippen LogP contribution in [-0.4, -0.2) is 27.7 Å². The number of hydrogen-bond donors (Lipinski definition) is 1. The average Bonchev–Trinajstić information content (AvgIpc) is 2.18. The van der Waals surface area contributed by atoms with Crippen molar-refractivity contribution in [3.05, 3.63) is 23.8 Å². The lowest BCUT2D eigenvalue weighted by molar-refractivity contribution is -0.0209. The fourth-order valence-corrected chi connectivity index (χ4v) is 1.19. The van der Waals surface area contributed by atoms with Crippen molar-refractivity contribution in [1.82, 2.24) is 9.97 Å². The highest BCUT2D eigenvalue weighted by Crippen LogP contribution is 2.20. The molecule has 0 amide bonds. The second kappa shape index (κ2) is 4.35. The summed E-state index contributed by atoms with van der Waals surface area (Å²) >= 11 is 0. The zero-order chi connectivity index (χ0) is 11.5. The van der Waals surface area contributed by atoms with Crippen LogP contribution in [-0.2, 0) is 10.3 Å². The summed E-state index contributed by atoms with van der Waals surface area (Å²) in [4.78, 5) is 18.6. The standard InChI is InChI=1S/C10H14N2O3/c1-4-15-10(2,3)9-11-6-5-7(12-9)8(13)14/h5-6H,4H2,1-3H3,(H,13,14). The maximum atomic E-state index is 10.7. The van der Waals surface area contributed by atoms with E-state index in [1.165, 1.54) is 12.3 Å². The van der Waals surface area contributed by atoms with Crippen LogP contribution in [0.15, 0.2) is 12.3 Å². The molecule has 5 nitrogen and oxygen atoms in total.